The lowest BCUT2D eigenvalue weighted by atomic mass is 10.1. The highest BCUT2D eigenvalue weighted by Gasteiger charge is 2.24. The number of benzene rings is 2. The van der Waals surface area contributed by atoms with Gasteiger partial charge < -0.3 is 5.11 Å². The predicted molar refractivity (Wildman–Crippen MR) is 118 cm³/mol. The van der Waals surface area contributed by atoms with Crippen LogP contribution >= 0.6 is 0 Å². The van der Waals surface area contributed by atoms with Crippen LogP contribution in [-0.2, 0) is 13.1 Å². The van der Waals surface area contributed by atoms with Crippen molar-refractivity contribution in [2.24, 2.45) is 0 Å². The van der Waals surface area contributed by atoms with E-state index in [4.69, 9.17) is 0 Å². The second-order valence-corrected chi connectivity index (χ2v) is 12.6. The second-order valence-electron chi connectivity index (χ2n) is 7.86. The largest absolute Gasteiger partial charge is 0.386 e. The van der Waals surface area contributed by atoms with Gasteiger partial charge in [-0.15, -0.1) is 5.54 Å². The molecule has 0 spiro atoms. The average Bonchev–Trinajstić information content (AvgIpc) is 2.63. The third kappa shape index (κ3) is 7.56. The van der Waals surface area contributed by atoms with Crippen molar-refractivity contribution in [3.05, 3.63) is 83.9 Å². The summed E-state index contributed by atoms with van der Waals surface area (Å²) in [6.07, 6.45) is 3.12. The summed E-state index contributed by atoms with van der Waals surface area (Å²) in [7, 11) is -1.54. The van der Waals surface area contributed by atoms with E-state index in [0.717, 1.165) is 13.1 Å². The van der Waals surface area contributed by atoms with E-state index in [0.29, 0.717) is 0 Å². The first-order valence-electron chi connectivity index (χ1n) is 9.54. The molecule has 0 aliphatic heterocycles. The van der Waals surface area contributed by atoms with Crippen LogP contribution < -0.4 is 0 Å². The van der Waals surface area contributed by atoms with Crippen LogP contribution in [0.2, 0.25) is 19.6 Å². The molecule has 0 amide bonds. The molecule has 0 bridgehead atoms. The molecule has 2 nitrogen and oxygen atoms in total. The fourth-order valence-electron chi connectivity index (χ4n) is 2.87. The zero-order valence-electron chi connectivity index (χ0n) is 16.9. The zero-order chi connectivity index (χ0) is 19.7. The molecule has 27 heavy (non-hydrogen) atoms. The minimum atomic E-state index is -1.54. The van der Waals surface area contributed by atoms with Gasteiger partial charge in [-0.3, -0.25) is 4.90 Å². The van der Waals surface area contributed by atoms with Crippen LogP contribution in [-0.4, -0.2) is 30.2 Å². The highest BCUT2D eigenvalue weighted by Crippen LogP contribution is 2.17. The molecule has 2 aromatic carbocycles. The van der Waals surface area contributed by atoms with E-state index in [1.54, 1.807) is 0 Å². The number of allylic oxidation sites excluding steroid dienone is 1. The number of aliphatic hydroxyl groups is 1. The predicted octanol–water partition coefficient (Wildman–Crippen LogP) is 4.88. The van der Waals surface area contributed by atoms with Gasteiger partial charge in [-0.25, -0.2) is 0 Å². The van der Waals surface area contributed by atoms with Crippen molar-refractivity contribution >= 4 is 8.07 Å². The van der Waals surface area contributed by atoms with Gasteiger partial charge in [0.2, 0.25) is 0 Å². The molecule has 0 aromatic heterocycles. The Morgan fingerprint density at radius 3 is 1.81 bits per heavy atom. The molecule has 1 N–H and O–H groups in total. The molecular weight excluding hydrogens is 346 g/mol. The minimum Gasteiger partial charge on any atom is -0.386 e. The van der Waals surface area contributed by atoms with E-state index in [9.17, 15) is 5.11 Å². The van der Waals surface area contributed by atoms with Gasteiger partial charge in [-0.1, -0.05) is 98.4 Å². The van der Waals surface area contributed by atoms with Crippen LogP contribution in [0.25, 0.3) is 0 Å². The summed E-state index contributed by atoms with van der Waals surface area (Å²) in [6, 6.07) is 20.6. The van der Waals surface area contributed by atoms with Crippen LogP contribution in [0.4, 0.5) is 0 Å². The highest BCUT2D eigenvalue weighted by molar-refractivity contribution is 6.83. The van der Waals surface area contributed by atoms with E-state index in [2.05, 4.69) is 84.5 Å². The Bertz CT molecular complexity index is 727. The van der Waals surface area contributed by atoms with Gasteiger partial charge in [0.25, 0.3) is 0 Å². The van der Waals surface area contributed by atoms with Crippen molar-refractivity contribution in [2.45, 2.75) is 51.8 Å². The highest BCUT2D eigenvalue weighted by atomic mass is 28.3. The Morgan fingerprint density at radius 2 is 1.41 bits per heavy atom. The molecule has 0 saturated carbocycles. The monoisotopic (exact) mass is 377 g/mol. The van der Waals surface area contributed by atoms with Crippen molar-refractivity contribution in [1.82, 2.24) is 4.90 Å². The van der Waals surface area contributed by atoms with Gasteiger partial charge in [0.1, 0.15) is 14.1 Å². The van der Waals surface area contributed by atoms with E-state index in [1.807, 2.05) is 31.2 Å². The summed E-state index contributed by atoms with van der Waals surface area (Å²) < 4.78 is 0. The van der Waals surface area contributed by atoms with Gasteiger partial charge in [-0.2, -0.15) is 0 Å². The van der Waals surface area contributed by atoms with E-state index >= 15 is 0 Å². The van der Waals surface area contributed by atoms with Crippen LogP contribution in [0.1, 0.15) is 18.1 Å². The maximum absolute atomic E-state index is 10.8. The number of nitrogens with zero attached hydrogens (tertiary/aromatic N) is 1. The molecule has 0 unspecified atom stereocenters. The quantitative estimate of drug-likeness (QED) is 0.422. The van der Waals surface area contributed by atoms with Crippen LogP contribution in [0, 0.1) is 11.5 Å². The molecule has 2 rings (SSSR count). The summed E-state index contributed by atoms with van der Waals surface area (Å²) in [4.78, 5) is 2.28. The Balaban J connectivity index is 2.38. The number of hydrogen-bond acceptors (Lipinski definition) is 2. The first-order chi connectivity index (χ1) is 12.9. The third-order valence-electron chi connectivity index (χ3n) is 4.16. The van der Waals surface area contributed by atoms with Crippen molar-refractivity contribution in [3.8, 4) is 11.5 Å². The Morgan fingerprint density at radius 1 is 0.926 bits per heavy atom. The van der Waals surface area contributed by atoms with E-state index in [1.165, 1.54) is 11.1 Å². The smallest absolute Gasteiger partial charge is 0.129 e. The molecule has 142 valence electrons. The summed E-state index contributed by atoms with van der Waals surface area (Å²) in [5.41, 5.74) is 5.91. The van der Waals surface area contributed by atoms with Crippen molar-refractivity contribution in [2.75, 3.05) is 0 Å². The van der Waals surface area contributed by atoms with Gasteiger partial charge in [0.05, 0.1) is 6.10 Å². The van der Waals surface area contributed by atoms with Crippen LogP contribution in [0.3, 0.4) is 0 Å². The maximum atomic E-state index is 10.8. The standard InChI is InChI=1S/C24H31NOSi/c1-5-12-24(26)23(17-18-27(2,3)4)25(19-21-13-8-6-9-14-21)20-22-15-10-7-11-16-22/h5-16,23-24,26H,19-20H2,1-4H3/b12-5+/t23-,24+/m1/s1. The van der Waals surface area contributed by atoms with Crippen LogP contribution in [0.5, 0.6) is 0 Å². The SMILES string of the molecule is C/C=C/[C@H](O)[C@@H](C#C[Si](C)(C)C)N(Cc1ccccc1)Cc1ccccc1. The molecule has 2 atom stereocenters. The minimum absolute atomic E-state index is 0.242. The Kier molecular flexibility index (Phi) is 8.06. The van der Waals surface area contributed by atoms with Gasteiger partial charge >= 0.3 is 0 Å². The lowest BCUT2D eigenvalue weighted by Gasteiger charge is -2.31. The molecule has 3 heteroatoms. The lowest BCUT2D eigenvalue weighted by Crippen LogP contribution is -2.41. The molecular formula is C24H31NOSi. The molecule has 0 aliphatic rings. The fourth-order valence-corrected chi connectivity index (χ4v) is 3.45. The van der Waals surface area contributed by atoms with Gasteiger partial charge in [0, 0.05) is 13.1 Å². The van der Waals surface area contributed by atoms with Crippen molar-refractivity contribution in [3.63, 3.8) is 0 Å². The molecule has 0 aliphatic carbocycles. The summed E-state index contributed by atoms with van der Waals surface area (Å²) >= 11 is 0. The maximum Gasteiger partial charge on any atom is 0.129 e. The van der Waals surface area contributed by atoms with Gasteiger partial charge in [-0.05, 0) is 18.1 Å². The molecule has 2 aromatic rings. The molecule has 0 radical (unpaired) electrons. The third-order valence-corrected chi connectivity index (χ3v) is 5.05. The normalized spacial score (nSPS) is 14.0. The molecule has 0 saturated heterocycles. The number of hydrogen-bond donors (Lipinski definition) is 1. The summed E-state index contributed by atoms with van der Waals surface area (Å²) in [6.45, 7) is 10.1. The Labute approximate surface area is 165 Å². The average molecular weight is 378 g/mol. The molecule has 0 fully saturated rings. The topological polar surface area (TPSA) is 23.5 Å². The first-order valence-corrected chi connectivity index (χ1v) is 13.0. The first kappa shape index (κ1) is 21.2. The van der Waals surface area contributed by atoms with E-state index in [-0.39, 0.29) is 6.04 Å². The van der Waals surface area contributed by atoms with E-state index < -0.39 is 14.2 Å². The number of aliphatic hydroxyl groups excluding tert-OH is 1. The Hall–Kier alpha value is -2.12. The van der Waals surface area contributed by atoms with Crippen LogP contribution in [0.15, 0.2) is 72.8 Å². The second kappa shape index (κ2) is 10.3. The van der Waals surface area contributed by atoms with Gasteiger partial charge in [0.15, 0.2) is 0 Å². The summed E-state index contributed by atoms with van der Waals surface area (Å²) in [5.74, 6) is 3.42. The van der Waals surface area contributed by atoms with Crippen molar-refractivity contribution in [1.29, 1.82) is 0 Å². The fraction of sp³-hybridized carbons (Fsp3) is 0.333. The summed E-state index contributed by atoms with van der Waals surface area (Å²) in [5, 5.41) is 10.8. The lowest BCUT2D eigenvalue weighted by molar-refractivity contribution is 0.0995. The molecule has 0 heterocycles. The zero-order valence-corrected chi connectivity index (χ0v) is 17.9. The van der Waals surface area contributed by atoms with Crippen molar-refractivity contribution < 1.29 is 5.11 Å². The number of rotatable bonds is 7.